The first-order valence-corrected chi connectivity index (χ1v) is 7.08. The summed E-state index contributed by atoms with van der Waals surface area (Å²) >= 11 is 0. The predicted molar refractivity (Wildman–Crippen MR) is 75.4 cm³/mol. The molecule has 0 aromatic rings. The van der Waals surface area contributed by atoms with Crippen molar-refractivity contribution in [1.29, 1.82) is 0 Å². The number of carbonyl (C=O) groups excluding carboxylic acids is 1. The van der Waals surface area contributed by atoms with E-state index in [-0.39, 0.29) is 24.1 Å². The molecule has 0 heterocycles. The van der Waals surface area contributed by atoms with E-state index < -0.39 is 0 Å². The summed E-state index contributed by atoms with van der Waals surface area (Å²) in [7, 11) is 0. The van der Waals surface area contributed by atoms with E-state index >= 15 is 0 Å². The Morgan fingerprint density at radius 3 is 2.33 bits per heavy atom. The van der Waals surface area contributed by atoms with Gasteiger partial charge in [0.05, 0.1) is 12.1 Å². The van der Waals surface area contributed by atoms with Gasteiger partial charge < -0.3 is 15.7 Å². The van der Waals surface area contributed by atoms with Crippen LogP contribution in [0.4, 0.5) is 0 Å². The van der Waals surface area contributed by atoms with E-state index in [1.54, 1.807) is 0 Å². The van der Waals surface area contributed by atoms with Crippen molar-refractivity contribution in [1.82, 2.24) is 10.6 Å². The fourth-order valence-corrected chi connectivity index (χ4v) is 1.91. The first kappa shape index (κ1) is 17.4. The van der Waals surface area contributed by atoms with Gasteiger partial charge in [-0.2, -0.15) is 0 Å². The third kappa shape index (κ3) is 8.48. The van der Waals surface area contributed by atoms with Crippen LogP contribution in [0, 0.1) is 5.92 Å². The number of aliphatic hydroxyl groups is 1. The minimum Gasteiger partial charge on any atom is -0.392 e. The van der Waals surface area contributed by atoms with Crippen molar-refractivity contribution >= 4 is 5.91 Å². The number of hydrogen-bond donors (Lipinski definition) is 3. The highest BCUT2D eigenvalue weighted by atomic mass is 16.3. The summed E-state index contributed by atoms with van der Waals surface area (Å²) in [4.78, 5) is 11.8. The monoisotopic (exact) mass is 258 g/mol. The molecule has 0 saturated carbocycles. The molecule has 0 fully saturated rings. The van der Waals surface area contributed by atoms with Crippen molar-refractivity contribution in [2.45, 2.75) is 72.1 Å². The molecular weight excluding hydrogens is 228 g/mol. The van der Waals surface area contributed by atoms with Gasteiger partial charge in [-0.15, -0.1) is 0 Å². The minimum atomic E-state index is -0.381. The van der Waals surface area contributed by atoms with Crippen molar-refractivity contribution in [2.24, 2.45) is 5.92 Å². The Hall–Kier alpha value is -0.610. The largest absolute Gasteiger partial charge is 0.392 e. The lowest BCUT2D eigenvalue weighted by molar-refractivity contribution is -0.123. The molecule has 0 aliphatic heterocycles. The smallest absolute Gasteiger partial charge is 0.237 e. The van der Waals surface area contributed by atoms with Crippen molar-refractivity contribution in [2.75, 3.05) is 6.54 Å². The highest BCUT2D eigenvalue weighted by molar-refractivity contribution is 5.81. The number of amides is 1. The van der Waals surface area contributed by atoms with Crippen molar-refractivity contribution in [3.63, 3.8) is 0 Å². The van der Waals surface area contributed by atoms with E-state index in [2.05, 4.69) is 31.4 Å². The van der Waals surface area contributed by atoms with Gasteiger partial charge in [-0.05, 0) is 32.6 Å². The number of aliphatic hydroxyl groups excluding tert-OH is 1. The summed E-state index contributed by atoms with van der Waals surface area (Å²) in [5.74, 6) is 0.475. The molecule has 0 aliphatic rings. The molecule has 0 saturated heterocycles. The van der Waals surface area contributed by atoms with Crippen LogP contribution >= 0.6 is 0 Å². The zero-order valence-electron chi connectivity index (χ0n) is 12.5. The fourth-order valence-electron chi connectivity index (χ4n) is 1.91. The second-order valence-electron chi connectivity index (χ2n) is 5.61. The SMILES string of the molecule is CCCC(C)NC(=O)C(C)NCC(O)CC(C)C. The Morgan fingerprint density at radius 2 is 1.83 bits per heavy atom. The molecule has 0 aliphatic carbocycles. The van der Waals surface area contributed by atoms with Gasteiger partial charge in [-0.1, -0.05) is 27.2 Å². The molecular formula is C14H30N2O2. The van der Waals surface area contributed by atoms with Crippen LogP contribution in [0.25, 0.3) is 0 Å². The quantitative estimate of drug-likeness (QED) is 0.589. The highest BCUT2D eigenvalue weighted by Gasteiger charge is 2.16. The zero-order valence-corrected chi connectivity index (χ0v) is 12.5. The fraction of sp³-hybridized carbons (Fsp3) is 0.929. The third-order valence-corrected chi connectivity index (χ3v) is 2.91. The Bertz CT molecular complexity index is 232. The summed E-state index contributed by atoms with van der Waals surface area (Å²) in [6, 6.07) is -0.0431. The topological polar surface area (TPSA) is 61.4 Å². The molecule has 3 unspecified atom stereocenters. The lowest BCUT2D eigenvalue weighted by Gasteiger charge is -2.20. The second kappa shape index (κ2) is 9.34. The Labute approximate surface area is 112 Å². The second-order valence-corrected chi connectivity index (χ2v) is 5.61. The van der Waals surface area contributed by atoms with Crippen LogP contribution in [0.5, 0.6) is 0 Å². The summed E-state index contributed by atoms with van der Waals surface area (Å²) in [5.41, 5.74) is 0. The minimum absolute atomic E-state index is 0.00713. The number of carbonyl (C=O) groups is 1. The van der Waals surface area contributed by atoms with E-state index in [0.717, 1.165) is 19.3 Å². The van der Waals surface area contributed by atoms with Gasteiger partial charge in [0.1, 0.15) is 0 Å². The molecule has 4 heteroatoms. The summed E-state index contributed by atoms with van der Waals surface area (Å²) in [6.07, 6.45) is 2.44. The van der Waals surface area contributed by atoms with E-state index in [1.165, 1.54) is 0 Å². The highest BCUT2D eigenvalue weighted by Crippen LogP contribution is 2.03. The standard InChI is InChI=1S/C14H30N2O2/c1-6-7-11(4)16-14(18)12(5)15-9-13(17)8-10(2)3/h10-13,15,17H,6-9H2,1-5H3,(H,16,18). The maximum absolute atomic E-state index is 11.8. The molecule has 1 amide bonds. The Morgan fingerprint density at radius 1 is 1.22 bits per heavy atom. The number of rotatable bonds is 9. The van der Waals surface area contributed by atoms with Crippen molar-refractivity contribution in [3.05, 3.63) is 0 Å². The lowest BCUT2D eigenvalue weighted by atomic mass is 10.1. The van der Waals surface area contributed by atoms with Gasteiger partial charge >= 0.3 is 0 Å². The summed E-state index contributed by atoms with van der Waals surface area (Å²) < 4.78 is 0. The maximum atomic E-state index is 11.8. The van der Waals surface area contributed by atoms with Gasteiger partial charge in [0.15, 0.2) is 0 Å². The van der Waals surface area contributed by atoms with Crippen molar-refractivity contribution in [3.8, 4) is 0 Å². The Kier molecular flexibility index (Phi) is 9.02. The van der Waals surface area contributed by atoms with Gasteiger partial charge in [-0.3, -0.25) is 4.79 Å². The average molecular weight is 258 g/mol. The molecule has 18 heavy (non-hydrogen) atoms. The zero-order chi connectivity index (χ0) is 14.1. The van der Waals surface area contributed by atoms with Crippen LogP contribution < -0.4 is 10.6 Å². The maximum Gasteiger partial charge on any atom is 0.237 e. The van der Waals surface area contributed by atoms with E-state index in [9.17, 15) is 9.90 Å². The number of hydrogen-bond acceptors (Lipinski definition) is 3. The molecule has 0 rings (SSSR count). The molecule has 3 atom stereocenters. The van der Waals surface area contributed by atoms with Crippen LogP contribution in [-0.2, 0) is 4.79 Å². The van der Waals surface area contributed by atoms with Gasteiger partial charge in [0.25, 0.3) is 0 Å². The van der Waals surface area contributed by atoms with Gasteiger partial charge in [0.2, 0.25) is 5.91 Å². The first-order valence-electron chi connectivity index (χ1n) is 7.08. The van der Waals surface area contributed by atoms with Crippen molar-refractivity contribution < 1.29 is 9.90 Å². The van der Waals surface area contributed by atoms with Crippen LogP contribution in [0.15, 0.2) is 0 Å². The summed E-state index contributed by atoms with van der Waals surface area (Å²) in [6.45, 7) is 10.6. The number of nitrogens with one attached hydrogen (secondary N) is 2. The summed E-state index contributed by atoms with van der Waals surface area (Å²) in [5, 5.41) is 15.8. The third-order valence-electron chi connectivity index (χ3n) is 2.91. The van der Waals surface area contributed by atoms with E-state index in [1.807, 2.05) is 13.8 Å². The average Bonchev–Trinajstić information content (AvgIpc) is 2.25. The van der Waals surface area contributed by atoms with Gasteiger partial charge in [0, 0.05) is 12.6 Å². The lowest BCUT2D eigenvalue weighted by Crippen LogP contribution is -2.47. The van der Waals surface area contributed by atoms with E-state index in [0.29, 0.717) is 12.5 Å². The van der Waals surface area contributed by atoms with Gasteiger partial charge in [-0.25, -0.2) is 0 Å². The van der Waals surface area contributed by atoms with Crippen LogP contribution in [0.2, 0.25) is 0 Å². The molecule has 0 aromatic carbocycles. The predicted octanol–water partition coefficient (Wildman–Crippen LogP) is 1.68. The normalized spacial score (nSPS) is 16.4. The molecule has 3 N–H and O–H groups in total. The van der Waals surface area contributed by atoms with Crippen LogP contribution in [-0.4, -0.2) is 35.7 Å². The molecule has 4 nitrogen and oxygen atoms in total. The van der Waals surface area contributed by atoms with Crippen LogP contribution in [0.1, 0.15) is 53.9 Å². The Balaban J connectivity index is 3.86. The molecule has 0 bridgehead atoms. The van der Waals surface area contributed by atoms with E-state index in [4.69, 9.17) is 0 Å². The molecule has 108 valence electrons. The van der Waals surface area contributed by atoms with Crippen LogP contribution in [0.3, 0.4) is 0 Å². The first-order chi connectivity index (χ1) is 8.36. The molecule has 0 aromatic heterocycles. The molecule has 0 spiro atoms. The molecule has 0 radical (unpaired) electrons.